The number of nitrogens with one attached hydrogen (secondary N) is 2. The molecule has 136 valence electrons. The van der Waals surface area contributed by atoms with E-state index in [1.165, 1.54) is 6.07 Å². The number of fused-ring (bicyclic) bond motifs is 1. The summed E-state index contributed by atoms with van der Waals surface area (Å²) in [6, 6.07) is 9.84. The highest BCUT2D eigenvalue weighted by atomic mass is 35.5. The number of amidine groups is 1. The summed E-state index contributed by atoms with van der Waals surface area (Å²) in [5.41, 5.74) is 1.51. The highest BCUT2D eigenvalue weighted by Crippen LogP contribution is 2.37. The summed E-state index contributed by atoms with van der Waals surface area (Å²) in [7, 11) is 0. The molecule has 2 aromatic rings. The number of halogens is 3. The molecule has 4 nitrogen and oxygen atoms in total. The van der Waals surface area contributed by atoms with Gasteiger partial charge >= 0.3 is 0 Å². The molecule has 4 rings (SSSR count). The summed E-state index contributed by atoms with van der Waals surface area (Å²) in [6.07, 6.45) is 1.37. The van der Waals surface area contributed by atoms with Gasteiger partial charge in [-0.3, -0.25) is 4.99 Å². The number of hydrogen-bond acceptors (Lipinski definition) is 3. The van der Waals surface area contributed by atoms with E-state index in [-0.39, 0.29) is 0 Å². The molecule has 2 aliphatic heterocycles. The molecule has 26 heavy (non-hydrogen) atoms. The first-order valence-corrected chi connectivity index (χ1v) is 8.85. The van der Waals surface area contributed by atoms with Gasteiger partial charge in [-0.25, -0.2) is 8.78 Å². The Kier molecular flexibility index (Phi) is 4.54. The minimum absolute atomic E-state index is 0.437. The predicted molar refractivity (Wildman–Crippen MR) is 99.0 cm³/mol. The van der Waals surface area contributed by atoms with E-state index in [4.69, 9.17) is 21.3 Å². The number of hydrogen-bond donors (Lipinski definition) is 2. The van der Waals surface area contributed by atoms with Crippen molar-refractivity contribution in [3.05, 3.63) is 58.6 Å². The molecular formula is C19H18ClF2N3O. The first kappa shape index (κ1) is 17.2. The van der Waals surface area contributed by atoms with E-state index in [0.717, 1.165) is 11.6 Å². The molecule has 0 unspecified atom stereocenters. The topological polar surface area (TPSA) is 45.6 Å². The van der Waals surface area contributed by atoms with Crippen molar-refractivity contribution in [2.45, 2.75) is 24.9 Å². The molecule has 2 aliphatic rings. The maximum absolute atomic E-state index is 13.7. The Morgan fingerprint density at radius 1 is 1.08 bits per heavy atom. The summed E-state index contributed by atoms with van der Waals surface area (Å²) < 4.78 is 32.8. The SMILES string of the molecule is Fc1cc2c(cc1F)NC1(CCOCC1)C(=NCc1cccc(Cl)c1)N2. The van der Waals surface area contributed by atoms with Crippen molar-refractivity contribution in [3.8, 4) is 0 Å². The average molecular weight is 378 g/mol. The third-order valence-electron chi connectivity index (χ3n) is 4.80. The van der Waals surface area contributed by atoms with Crippen molar-refractivity contribution >= 4 is 28.8 Å². The Morgan fingerprint density at radius 3 is 2.54 bits per heavy atom. The zero-order valence-electron chi connectivity index (χ0n) is 14.0. The number of nitrogens with zero attached hydrogens (tertiary/aromatic N) is 1. The van der Waals surface area contributed by atoms with Crippen LogP contribution < -0.4 is 10.6 Å². The first-order chi connectivity index (χ1) is 12.6. The molecule has 0 aromatic heterocycles. The third-order valence-corrected chi connectivity index (χ3v) is 5.03. The van der Waals surface area contributed by atoms with Crippen LogP contribution in [0.5, 0.6) is 0 Å². The molecule has 0 radical (unpaired) electrons. The molecule has 2 N–H and O–H groups in total. The summed E-state index contributed by atoms with van der Waals surface area (Å²) >= 11 is 6.04. The average Bonchev–Trinajstić information content (AvgIpc) is 2.62. The van der Waals surface area contributed by atoms with E-state index in [9.17, 15) is 8.78 Å². The molecular weight excluding hydrogens is 360 g/mol. The van der Waals surface area contributed by atoms with Crippen molar-refractivity contribution in [2.24, 2.45) is 4.99 Å². The van der Waals surface area contributed by atoms with E-state index in [0.29, 0.717) is 54.8 Å². The second-order valence-electron chi connectivity index (χ2n) is 6.55. The summed E-state index contributed by atoms with van der Waals surface area (Å²) in [4.78, 5) is 4.74. The van der Waals surface area contributed by atoms with Gasteiger partial charge in [0.15, 0.2) is 11.6 Å². The lowest BCUT2D eigenvalue weighted by molar-refractivity contribution is 0.0778. The highest BCUT2D eigenvalue weighted by molar-refractivity contribution is 6.30. The molecule has 0 bridgehead atoms. The zero-order valence-corrected chi connectivity index (χ0v) is 14.7. The van der Waals surface area contributed by atoms with E-state index >= 15 is 0 Å². The largest absolute Gasteiger partial charge is 0.381 e. The molecule has 7 heteroatoms. The summed E-state index contributed by atoms with van der Waals surface area (Å²) in [5.74, 6) is -1.06. The fourth-order valence-electron chi connectivity index (χ4n) is 3.40. The number of aliphatic imine (C=N–C) groups is 1. The zero-order chi connectivity index (χ0) is 18.1. The minimum Gasteiger partial charge on any atom is -0.381 e. The number of benzene rings is 2. The van der Waals surface area contributed by atoms with Gasteiger partial charge in [-0.2, -0.15) is 0 Å². The van der Waals surface area contributed by atoms with Crippen molar-refractivity contribution in [1.82, 2.24) is 0 Å². The summed E-state index contributed by atoms with van der Waals surface area (Å²) in [6.45, 7) is 1.58. The maximum atomic E-state index is 13.7. The molecule has 1 saturated heterocycles. The fourth-order valence-corrected chi connectivity index (χ4v) is 3.61. The quantitative estimate of drug-likeness (QED) is 0.803. The van der Waals surface area contributed by atoms with E-state index in [1.807, 2.05) is 24.3 Å². The van der Waals surface area contributed by atoms with Gasteiger partial charge in [-0.15, -0.1) is 0 Å². The van der Waals surface area contributed by atoms with Gasteiger partial charge < -0.3 is 15.4 Å². The fraction of sp³-hybridized carbons (Fsp3) is 0.316. The predicted octanol–water partition coefficient (Wildman–Crippen LogP) is 4.60. The van der Waals surface area contributed by atoms with Crippen LogP contribution in [0.4, 0.5) is 20.2 Å². The van der Waals surface area contributed by atoms with E-state index < -0.39 is 17.2 Å². The second kappa shape index (κ2) is 6.85. The molecule has 0 atom stereocenters. The van der Waals surface area contributed by atoms with Crippen LogP contribution in [0.3, 0.4) is 0 Å². The Morgan fingerprint density at radius 2 is 1.81 bits per heavy atom. The Hall–Kier alpha value is -2.18. The molecule has 0 aliphatic carbocycles. The molecule has 1 spiro atoms. The van der Waals surface area contributed by atoms with Gasteiger partial charge in [0.25, 0.3) is 0 Å². The summed E-state index contributed by atoms with van der Waals surface area (Å²) in [5, 5.41) is 7.23. The van der Waals surface area contributed by atoms with Gasteiger partial charge in [0.2, 0.25) is 0 Å². The van der Waals surface area contributed by atoms with Crippen molar-refractivity contribution in [3.63, 3.8) is 0 Å². The van der Waals surface area contributed by atoms with Crippen LogP contribution in [-0.2, 0) is 11.3 Å². The minimum atomic E-state index is -0.893. The Bertz CT molecular complexity index is 866. The smallest absolute Gasteiger partial charge is 0.161 e. The van der Waals surface area contributed by atoms with Gasteiger partial charge in [-0.05, 0) is 17.7 Å². The van der Waals surface area contributed by atoms with Crippen molar-refractivity contribution in [1.29, 1.82) is 0 Å². The van der Waals surface area contributed by atoms with Crippen LogP contribution >= 0.6 is 11.6 Å². The lowest BCUT2D eigenvalue weighted by atomic mass is 9.86. The van der Waals surface area contributed by atoms with Gasteiger partial charge in [0, 0.05) is 43.2 Å². The van der Waals surface area contributed by atoms with Gasteiger partial charge in [-0.1, -0.05) is 23.7 Å². The lowest BCUT2D eigenvalue weighted by Gasteiger charge is -2.43. The third kappa shape index (κ3) is 3.27. The van der Waals surface area contributed by atoms with Crippen LogP contribution in [-0.4, -0.2) is 24.6 Å². The molecule has 0 amide bonds. The monoisotopic (exact) mass is 377 g/mol. The number of anilines is 2. The molecule has 2 heterocycles. The van der Waals surface area contributed by atoms with Crippen molar-refractivity contribution in [2.75, 3.05) is 23.8 Å². The molecule has 0 saturated carbocycles. The molecule has 1 fully saturated rings. The lowest BCUT2D eigenvalue weighted by Crippen LogP contribution is -2.55. The molecule has 2 aromatic carbocycles. The van der Waals surface area contributed by atoms with E-state index in [2.05, 4.69) is 10.6 Å². The van der Waals surface area contributed by atoms with Crippen LogP contribution in [0.15, 0.2) is 41.4 Å². The van der Waals surface area contributed by atoms with Crippen molar-refractivity contribution < 1.29 is 13.5 Å². The van der Waals surface area contributed by atoms with Crippen LogP contribution in [0.2, 0.25) is 5.02 Å². The van der Waals surface area contributed by atoms with E-state index in [1.54, 1.807) is 0 Å². The van der Waals surface area contributed by atoms with Gasteiger partial charge in [0.1, 0.15) is 5.84 Å². The Labute approximate surface area is 155 Å². The van der Waals surface area contributed by atoms with Crippen LogP contribution in [0.25, 0.3) is 0 Å². The van der Waals surface area contributed by atoms with Crippen LogP contribution in [0.1, 0.15) is 18.4 Å². The second-order valence-corrected chi connectivity index (χ2v) is 6.99. The number of ether oxygens (including phenoxy) is 1. The maximum Gasteiger partial charge on any atom is 0.161 e. The van der Waals surface area contributed by atoms with Gasteiger partial charge in [0.05, 0.1) is 23.5 Å². The Balaban J connectivity index is 1.70. The number of rotatable bonds is 2. The van der Waals surface area contributed by atoms with Crippen LogP contribution in [0, 0.1) is 11.6 Å². The first-order valence-electron chi connectivity index (χ1n) is 8.47. The highest BCUT2D eigenvalue weighted by Gasteiger charge is 2.41. The standard InChI is InChI=1S/C19H18ClF2N3O/c20-13-3-1-2-12(8-13)11-23-18-19(4-6-26-7-5-19)25-17-10-15(22)14(21)9-16(17)24-18/h1-3,8-10,25H,4-7,11H2,(H,23,24). The normalized spacial score (nSPS) is 19.7.